The fraction of sp³-hybridized carbons (Fsp3) is 0.684. The summed E-state index contributed by atoms with van der Waals surface area (Å²) in [6, 6.07) is 12.5. The summed E-state index contributed by atoms with van der Waals surface area (Å²) < 4.78 is 10.9. The molecule has 4 aliphatic rings. The van der Waals surface area contributed by atoms with E-state index in [1.54, 1.807) is 24.3 Å². The lowest BCUT2D eigenvalue weighted by Gasteiger charge is -2.40. The third-order valence-electron chi connectivity index (χ3n) is 11.5. The monoisotopic (exact) mass is 694 g/mol. The number of piperidine rings is 2. The van der Waals surface area contributed by atoms with Gasteiger partial charge in [-0.05, 0) is 114 Å². The number of hydrogen-bond acceptors (Lipinski definition) is 10. The molecular weight excluding hydrogens is 636 g/mol. The smallest absolute Gasteiger partial charge is 0.292 e. The molecule has 2 aliphatic carbocycles. The second-order valence-electron chi connectivity index (χ2n) is 14.8. The number of benzene rings is 2. The molecule has 2 saturated carbocycles. The first kappa shape index (κ1) is 37.9. The van der Waals surface area contributed by atoms with E-state index in [0.29, 0.717) is 47.8 Å². The molecule has 0 aromatic heterocycles. The summed E-state index contributed by atoms with van der Waals surface area (Å²) in [6.45, 7) is 8.21. The van der Waals surface area contributed by atoms with Gasteiger partial charge in [-0.3, -0.25) is 20.2 Å². The summed E-state index contributed by atoms with van der Waals surface area (Å²) in [6.07, 6.45) is 14.6. The molecule has 0 spiro atoms. The minimum atomic E-state index is -0.300. The maximum Gasteiger partial charge on any atom is 0.292 e. The summed E-state index contributed by atoms with van der Waals surface area (Å²) in [5, 5.41) is 29.3. The van der Waals surface area contributed by atoms with Gasteiger partial charge in [-0.25, -0.2) is 0 Å². The van der Waals surface area contributed by atoms with E-state index in [1.165, 1.54) is 25.7 Å². The van der Waals surface area contributed by atoms with Crippen molar-refractivity contribution in [3.8, 4) is 0 Å². The predicted molar refractivity (Wildman–Crippen MR) is 198 cm³/mol. The van der Waals surface area contributed by atoms with Crippen molar-refractivity contribution in [3.05, 3.63) is 67.8 Å². The Bertz CT molecular complexity index is 1290. The summed E-state index contributed by atoms with van der Waals surface area (Å²) >= 11 is 0. The van der Waals surface area contributed by atoms with Crippen molar-refractivity contribution in [1.82, 2.24) is 9.80 Å². The van der Waals surface area contributed by atoms with Crippen LogP contribution in [0.5, 0.6) is 0 Å². The first-order valence-corrected chi connectivity index (χ1v) is 18.7. The maximum atomic E-state index is 11.2. The molecule has 12 heteroatoms. The van der Waals surface area contributed by atoms with E-state index in [0.717, 1.165) is 88.7 Å². The number of hydrogen-bond donors (Lipinski definition) is 2. The summed E-state index contributed by atoms with van der Waals surface area (Å²) in [5.74, 6) is 0. The Morgan fingerprint density at radius 2 is 0.920 bits per heavy atom. The average Bonchev–Trinajstić information content (AvgIpc) is 3.12. The van der Waals surface area contributed by atoms with Crippen molar-refractivity contribution in [2.24, 2.45) is 0 Å². The maximum absolute atomic E-state index is 11.2. The van der Waals surface area contributed by atoms with Crippen molar-refractivity contribution in [1.29, 1.82) is 0 Å². The Kier molecular flexibility index (Phi) is 13.8. The quantitative estimate of drug-likeness (QED) is 0.190. The predicted octanol–water partition coefficient (Wildman–Crippen LogP) is 7.47. The zero-order valence-corrected chi connectivity index (χ0v) is 30.5. The van der Waals surface area contributed by atoms with Gasteiger partial charge in [-0.2, -0.15) is 0 Å². The number of rotatable bonds is 10. The van der Waals surface area contributed by atoms with Crippen molar-refractivity contribution in [2.45, 2.75) is 127 Å². The second-order valence-corrected chi connectivity index (χ2v) is 14.8. The number of methoxy groups -OCH3 is 2. The lowest BCUT2D eigenvalue weighted by atomic mass is 9.90. The SMILES string of the molecule is COC1CCC(N2CCC(Nc3cc(C)ccc3[N+](=O)[O-])CC2)CC1.COC1CCC(N2CCC(Nc3cc(C)ccc3[N+](=O)[O-])CC2)CC1. The zero-order chi connectivity index (χ0) is 35.6. The van der Waals surface area contributed by atoms with Gasteiger partial charge in [-0.1, -0.05) is 12.1 Å². The van der Waals surface area contributed by atoms with E-state index in [4.69, 9.17) is 9.47 Å². The van der Waals surface area contributed by atoms with Gasteiger partial charge in [0.25, 0.3) is 11.4 Å². The van der Waals surface area contributed by atoms with Gasteiger partial charge in [0, 0.05) is 76.7 Å². The number of nitro groups is 2. The largest absolute Gasteiger partial charge is 0.381 e. The molecule has 2 saturated heterocycles. The minimum Gasteiger partial charge on any atom is -0.381 e. The Labute approximate surface area is 297 Å². The molecule has 0 amide bonds. The third-order valence-corrected chi connectivity index (χ3v) is 11.5. The van der Waals surface area contributed by atoms with Crippen LogP contribution in [0.4, 0.5) is 22.7 Å². The molecule has 4 fully saturated rings. The van der Waals surface area contributed by atoms with Crippen LogP contribution in [0.2, 0.25) is 0 Å². The van der Waals surface area contributed by atoms with Gasteiger partial charge in [0.1, 0.15) is 11.4 Å². The topological polar surface area (TPSA) is 135 Å². The molecule has 0 unspecified atom stereocenters. The number of nitrogens with one attached hydrogen (secondary N) is 2. The highest BCUT2D eigenvalue weighted by Gasteiger charge is 2.31. The molecule has 276 valence electrons. The molecule has 2 heterocycles. The number of ether oxygens (including phenoxy) is 2. The molecule has 12 nitrogen and oxygen atoms in total. The third kappa shape index (κ3) is 10.4. The van der Waals surface area contributed by atoms with Crippen molar-refractivity contribution >= 4 is 22.7 Å². The molecule has 2 N–H and O–H groups in total. The summed E-state index contributed by atoms with van der Waals surface area (Å²) in [4.78, 5) is 27.1. The van der Waals surface area contributed by atoms with Crippen LogP contribution in [-0.2, 0) is 9.47 Å². The minimum absolute atomic E-state index is 0.172. The molecule has 0 radical (unpaired) electrons. The summed E-state index contributed by atoms with van der Waals surface area (Å²) in [7, 11) is 3.62. The van der Waals surface area contributed by atoms with Crippen LogP contribution in [0.3, 0.4) is 0 Å². The van der Waals surface area contributed by atoms with Crippen LogP contribution in [0.25, 0.3) is 0 Å². The molecule has 2 aromatic carbocycles. The number of likely N-dealkylation sites (tertiary alicyclic amines) is 2. The fourth-order valence-electron chi connectivity index (χ4n) is 8.40. The normalized spacial score (nSPS) is 25.7. The van der Waals surface area contributed by atoms with Crippen LogP contribution in [0, 0.1) is 34.1 Å². The molecule has 50 heavy (non-hydrogen) atoms. The number of anilines is 2. The van der Waals surface area contributed by atoms with Gasteiger partial charge >= 0.3 is 0 Å². The van der Waals surface area contributed by atoms with Crippen molar-refractivity contribution < 1.29 is 19.3 Å². The van der Waals surface area contributed by atoms with Gasteiger partial charge in [0.05, 0.1) is 22.1 Å². The number of nitrogens with zero attached hydrogens (tertiary/aromatic N) is 4. The first-order chi connectivity index (χ1) is 24.1. The van der Waals surface area contributed by atoms with E-state index < -0.39 is 0 Å². The van der Waals surface area contributed by atoms with Gasteiger partial charge in [0.2, 0.25) is 0 Å². The second kappa shape index (κ2) is 18.3. The highest BCUT2D eigenvalue weighted by Crippen LogP contribution is 2.32. The van der Waals surface area contributed by atoms with Gasteiger partial charge in [0.15, 0.2) is 0 Å². The van der Waals surface area contributed by atoms with Crippen LogP contribution >= 0.6 is 0 Å². The van der Waals surface area contributed by atoms with Crippen LogP contribution in [0.15, 0.2) is 36.4 Å². The Balaban J connectivity index is 0.000000194. The molecule has 0 atom stereocenters. The first-order valence-electron chi connectivity index (χ1n) is 18.7. The fourth-order valence-corrected chi connectivity index (χ4v) is 8.40. The van der Waals surface area contributed by atoms with E-state index in [1.807, 2.05) is 40.2 Å². The lowest BCUT2D eigenvalue weighted by Crippen LogP contribution is -2.46. The average molecular weight is 695 g/mol. The molecule has 2 aliphatic heterocycles. The Morgan fingerprint density at radius 3 is 1.22 bits per heavy atom. The number of aryl methyl sites for hydroxylation is 2. The van der Waals surface area contributed by atoms with E-state index in [9.17, 15) is 20.2 Å². The van der Waals surface area contributed by atoms with Crippen molar-refractivity contribution in [2.75, 3.05) is 51.0 Å². The van der Waals surface area contributed by atoms with E-state index in [2.05, 4.69) is 20.4 Å². The zero-order valence-electron chi connectivity index (χ0n) is 30.5. The highest BCUT2D eigenvalue weighted by atomic mass is 16.6. The van der Waals surface area contributed by atoms with Crippen LogP contribution in [-0.4, -0.2) is 96.4 Å². The van der Waals surface area contributed by atoms with Gasteiger partial charge < -0.3 is 29.9 Å². The lowest BCUT2D eigenvalue weighted by molar-refractivity contribution is -0.384. The van der Waals surface area contributed by atoms with E-state index >= 15 is 0 Å². The number of nitro benzene ring substituents is 2. The molecule has 0 bridgehead atoms. The van der Waals surface area contributed by atoms with Gasteiger partial charge in [-0.15, -0.1) is 0 Å². The summed E-state index contributed by atoms with van der Waals surface area (Å²) in [5.41, 5.74) is 3.74. The Hall–Kier alpha value is -3.32. The van der Waals surface area contributed by atoms with E-state index in [-0.39, 0.29) is 21.2 Å². The standard InChI is InChI=1S/2C19H29N3O3/c2*1-14-3-8-19(22(23)24)18(13-14)20-15-9-11-21(12-10-15)16-4-6-17(25-2)7-5-16/h2*3,8,13,15-17,20H,4-7,9-12H2,1-2H3. The molecular formula is C38H58N6O6. The van der Waals surface area contributed by atoms with Crippen LogP contribution < -0.4 is 10.6 Å². The Morgan fingerprint density at radius 1 is 0.580 bits per heavy atom. The highest BCUT2D eigenvalue weighted by molar-refractivity contribution is 5.64. The van der Waals surface area contributed by atoms with Crippen molar-refractivity contribution in [3.63, 3.8) is 0 Å². The van der Waals surface area contributed by atoms with Crippen LogP contribution in [0.1, 0.15) is 88.2 Å². The molecule has 6 rings (SSSR count). The molecule has 2 aromatic rings.